The maximum Gasteiger partial charge on any atom is 0.238 e. The first-order chi connectivity index (χ1) is 12.4. The largest absolute Gasteiger partial charge is 0.264 e. The Morgan fingerprint density at radius 2 is 1.88 bits per heavy atom. The van der Waals surface area contributed by atoms with Gasteiger partial charge >= 0.3 is 0 Å². The van der Waals surface area contributed by atoms with Gasteiger partial charge in [0.1, 0.15) is 0 Å². The van der Waals surface area contributed by atoms with E-state index in [1.807, 2.05) is 25.3 Å². The lowest BCUT2D eigenvalue weighted by atomic mass is 10.0. The molecule has 0 aliphatic heterocycles. The summed E-state index contributed by atoms with van der Waals surface area (Å²) in [6, 6.07) is 10.2. The van der Waals surface area contributed by atoms with Crippen molar-refractivity contribution in [1.29, 1.82) is 0 Å². The molecular formula is C18H15N5O2S. The van der Waals surface area contributed by atoms with Crippen molar-refractivity contribution in [1.82, 2.24) is 19.7 Å². The summed E-state index contributed by atoms with van der Waals surface area (Å²) >= 11 is 0. The molecule has 4 aromatic rings. The van der Waals surface area contributed by atoms with Crippen molar-refractivity contribution >= 4 is 21.1 Å². The summed E-state index contributed by atoms with van der Waals surface area (Å²) in [5, 5.41) is 10.5. The summed E-state index contributed by atoms with van der Waals surface area (Å²) in [4.78, 5) is 8.65. The molecule has 0 atom stereocenters. The van der Waals surface area contributed by atoms with E-state index in [2.05, 4.69) is 15.1 Å². The molecule has 8 heteroatoms. The van der Waals surface area contributed by atoms with Crippen LogP contribution in [0, 0.1) is 6.92 Å². The lowest BCUT2D eigenvalue weighted by Crippen LogP contribution is -2.12. The first-order valence-corrected chi connectivity index (χ1v) is 9.37. The van der Waals surface area contributed by atoms with E-state index in [0.29, 0.717) is 11.3 Å². The Balaban J connectivity index is 1.93. The van der Waals surface area contributed by atoms with Gasteiger partial charge < -0.3 is 0 Å². The lowest BCUT2D eigenvalue weighted by Gasteiger charge is -2.08. The molecule has 0 aliphatic rings. The molecule has 26 heavy (non-hydrogen) atoms. The Morgan fingerprint density at radius 3 is 2.65 bits per heavy atom. The molecule has 0 amide bonds. The minimum absolute atomic E-state index is 0.0258. The second-order valence-electron chi connectivity index (χ2n) is 5.89. The topological polar surface area (TPSA) is 104 Å². The van der Waals surface area contributed by atoms with Gasteiger partial charge in [0.05, 0.1) is 16.8 Å². The predicted molar refractivity (Wildman–Crippen MR) is 98.2 cm³/mol. The summed E-state index contributed by atoms with van der Waals surface area (Å²) < 4.78 is 24.8. The van der Waals surface area contributed by atoms with Crippen molar-refractivity contribution in [3.8, 4) is 16.8 Å². The molecule has 0 radical (unpaired) electrons. The molecule has 0 spiro atoms. The third-order valence-electron chi connectivity index (χ3n) is 4.19. The number of benzene rings is 1. The number of hydrogen-bond donors (Lipinski definition) is 1. The fourth-order valence-corrected chi connectivity index (χ4v) is 3.44. The zero-order valence-corrected chi connectivity index (χ0v) is 14.7. The van der Waals surface area contributed by atoms with Crippen LogP contribution in [0.15, 0.2) is 66.1 Å². The van der Waals surface area contributed by atoms with E-state index in [1.54, 1.807) is 35.4 Å². The summed E-state index contributed by atoms with van der Waals surface area (Å²) in [5.74, 6) is 0. The van der Waals surface area contributed by atoms with Crippen molar-refractivity contribution in [3.63, 3.8) is 0 Å². The van der Waals surface area contributed by atoms with Crippen molar-refractivity contribution in [2.75, 3.05) is 0 Å². The van der Waals surface area contributed by atoms with Gasteiger partial charge in [-0.05, 0) is 48.4 Å². The number of aryl methyl sites for hydroxylation is 1. The minimum Gasteiger partial charge on any atom is -0.264 e. The molecule has 3 heterocycles. The van der Waals surface area contributed by atoms with Gasteiger partial charge in [-0.1, -0.05) is 6.07 Å². The third-order valence-corrected chi connectivity index (χ3v) is 5.10. The number of pyridine rings is 2. The molecule has 1 aromatic carbocycles. The summed E-state index contributed by atoms with van der Waals surface area (Å²) in [5.41, 5.74) is 4.25. The molecule has 0 unspecified atom stereocenters. The van der Waals surface area contributed by atoms with Gasteiger partial charge in [0.2, 0.25) is 10.0 Å². The zero-order valence-electron chi connectivity index (χ0n) is 13.9. The van der Waals surface area contributed by atoms with Crippen LogP contribution in [0.1, 0.15) is 5.56 Å². The van der Waals surface area contributed by atoms with E-state index < -0.39 is 10.0 Å². The number of fused-ring (bicyclic) bond motifs is 1. The van der Waals surface area contributed by atoms with Crippen LogP contribution in [0.3, 0.4) is 0 Å². The molecule has 0 saturated heterocycles. The normalized spacial score (nSPS) is 11.8. The Kier molecular flexibility index (Phi) is 3.78. The van der Waals surface area contributed by atoms with Gasteiger partial charge in [0, 0.05) is 29.5 Å². The van der Waals surface area contributed by atoms with Gasteiger partial charge in [-0.2, -0.15) is 5.10 Å². The number of sulfonamides is 1. The number of nitrogens with two attached hydrogens (primary N) is 1. The van der Waals surface area contributed by atoms with Gasteiger partial charge in [0.15, 0.2) is 5.65 Å². The van der Waals surface area contributed by atoms with E-state index in [1.165, 1.54) is 12.1 Å². The van der Waals surface area contributed by atoms with Crippen LogP contribution in [-0.4, -0.2) is 28.2 Å². The van der Waals surface area contributed by atoms with Crippen molar-refractivity contribution in [3.05, 3.63) is 66.7 Å². The summed E-state index contributed by atoms with van der Waals surface area (Å²) in [6.07, 6.45) is 6.97. The standard InChI is InChI=1S/C18H15N5O2S/c1-12-5-7-20-10-16(12)15-6-8-21-18-17(15)11-22-23(18)13-3-2-4-14(9-13)26(19,24)25/h2-11H,1H3,(H2,19,24,25). The average molecular weight is 365 g/mol. The van der Waals surface area contributed by atoms with Crippen LogP contribution in [-0.2, 0) is 10.0 Å². The number of primary sulfonamides is 1. The van der Waals surface area contributed by atoms with Gasteiger partial charge in [-0.25, -0.2) is 23.2 Å². The molecular weight excluding hydrogens is 350 g/mol. The van der Waals surface area contributed by atoms with Crippen molar-refractivity contribution < 1.29 is 8.42 Å². The fourth-order valence-electron chi connectivity index (χ4n) is 2.89. The Bertz CT molecular complexity index is 1230. The highest BCUT2D eigenvalue weighted by atomic mass is 32.2. The van der Waals surface area contributed by atoms with Crippen LogP contribution in [0.4, 0.5) is 0 Å². The van der Waals surface area contributed by atoms with Crippen LogP contribution < -0.4 is 5.14 Å². The van der Waals surface area contributed by atoms with E-state index in [-0.39, 0.29) is 4.90 Å². The molecule has 3 aromatic heterocycles. The third kappa shape index (κ3) is 2.75. The lowest BCUT2D eigenvalue weighted by molar-refractivity contribution is 0.597. The number of hydrogen-bond acceptors (Lipinski definition) is 5. The van der Waals surface area contributed by atoms with Gasteiger partial charge in [-0.15, -0.1) is 0 Å². The molecule has 7 nitrogen and oxygen atoms in total. The minimum atomic E-state index is -3.80. The highest BCUT2D eigenvalue weighted by Gasteiger charge is 2.14. The van der Waals surface area contributed by atoms with Crippen LogP contribution in [0.5, 0.6) is 0 Å². The number of nitrogens with zero attached hydrogens (tertiary/aromatic N) is 4. The highest BCUT2D eigenvalue weighted by molar-refractivity contribution is 7.89. The maximum absolute atomic E-state index is 11.6. The molecule has 0 saturated carbocycles. The quantitative estimate of drug-likeness (QED) is 0.600. The van der Waals surface area contributed by atoms with Crippen LogP contribution in [0.2, 0.25) is 0 Å². The molecule has 0 aliphatic carbocycles. The number of rotatable bonds is 3. The second kappa shape index (κ2) is 6.01. The average Bonchev–Trinajstić information content (AvgIpc) is 3.06. The van der Waals surface area contributed by atoms with Gasteiger partial charge in [-0.3, -0.25) is 4.98 Å². The van der Waals surface area contributed by atoms with E-state index in [9.17, 15) is 8.42 Å². The van der Waals surface area contributed by atoms with E-state index >= 15 is 0 Å². The van der Waals surface area contributed by atoms with E-state index in [4.69, 9.17) is 5.14 Å². The first-order valence-electron chi connectivity index (χ1n) is 7.82. The molecule has 130 valence electrons. The molecule has 4 rings (SSSR count). The molecule has 0 fully saturated rings. The summed E-state index contributed by atoms with van der Waals surface area (Å²) in [6.45, 7) is 2.02. The van der Waals surface area contributed by atoms with Crippen molar-refractivity contribution in [2.24, 2.45) is 5.14 Å². The number of aromatic nitrogens is 4. The Hall–Kier alpha value is -3.10. The van der Waals surface area contributed by atoms with Crippen LogP contribution in [0.25, 0.3) is 27.8 Å². The fraction of sp³-hybridized carbons (Fsp3) is 0.0556. The SMILES string of the molecule is Cc1ccncc1-c1ccnc2c1cnn2-c1cccc(S(N)(=O)=O)c1. The monoisotopic (exact) mass is 365 g/mol. The Labute approximate surface area is 150 Å². The summed E-state index contributed by atoms with van der Waals surface area (Å²) in [7, 11) is -3.80. The molecule has 0 bridgehead atoms. The van der Waals surface area contributed by atoms with Crippen molar-refractivity contribution in [2.45, 2.75) is 11.8 Å². The second-order valence-corrected chi connectivity index (χ2v) is 7.45. The molecule has 2 N–H and O–H groups in total. The van der Waals surface area contributed by atoms with Crippen LogP contribution >= 0.6 is 0 Å². The predicted octanol–water partition coefficient (Wildman–Crippen LogP) is 2.44. The highest BCUT2D eigenvalue weighted by Crippen LogP contribution is 2.30. The Morgan fingerprint density at radius 1 is 1.04 bits per heavy atom. The maximum atomic E-state index is 11.6. The van der Waals surface area contributed by atoms with Gasteiger partial charge in [0.25, 0.3) is 0 Å². The first kappa shape index (κ1) is 16.4. The van der Waals surface area contributed by atoms with E-state index in [0.717, 1.165) is 22.1 Å². The zero-order chi connectivity index (χ0) is 18.3. The smallest absolute Gasteiger partial charge is 0.238 e.